The van der Waals surface area contributed by atoms with Gasteiger partial charge in [-0.25, -0.2) is 9.97 Å². The van der Waals surface area contributed by atoms with Crippen LogP contribution in [0.15, 0.2) is 17.0 Å². The summed E-state index contributed by atoms with van der Waals surface area (Å²) in [5, 5.41) is 0. The Bertz CT molecular complexity index is 656. The van der Waals surface area contributed by atoms with Crippen molar-refractivity contribution in [3.05, 3.63) is 17.0 Å². The van der Waals surface area contributed by atoms with E-state index in [1.807, 2.05) is 27.7 Å². The number of Topliss-reactive ketones (excluding diaryl/α,β-unsaturated/α-hetero) is 1. The highest BCUT2D eigenvalue weighted by Crippen LogP contribution is 2.48. The second-order valence-electron chi connectivity index (χ2n) is 8.46. The van der Waals surface area contributed by atoms with Gasteiger partial charge in [0.2, 0.25) is 0 Å². The van der Waals surface area contributed by atoms with E-state index in [9.17, 15) is 9.35 Å². The molecule has 2 aliphatic rings. The molecule has 3 atom stereocenters. The molecule has 2 fully saturated rings. The van der Waals surface area contributed by atoms with Gasteiger partial charge in [-0.05, 0) is 49.5 Å². The smallest absolute Gasteiger partial charge is 0.147 e. The molecule has 26 heavy (non-hydrogen) atoms. The van der Waals surface area contributed by atoms with Gasteiger partial charge in [-0.1, -0.05) is 6.92 Å². The third kappa shape index (κ3) is 3.93. The maximum absolute atomic E-state index is 12.7. The molecule has 2 heterocycles. The van der Waals surface area contributed by atoms with Crippen LogP contribution in [0, 0.1) is 11.3 Å². The summed E-state index contributed by atoms with van der Waals surface area (Å²) in [5.74, 6) is 1.05. The number of halogens is 1. The van der Waals surface area contributed by atoms with Crippen molar-refractivity contribution < 1.29 is 9.35 Å². The van der Waals surface area contributed by atoms with Crippen molar-refractivity contribution in [2.45, 2.75) is 57.7 Å². The highest BCUT2D eigenvalue weighted by molar-refractivity contribution is 9.10. The topological polar surface area (TPSA) is 81.2 Å². The van der Waals surface area contributed by atoms with E-state index in [0.717, 1.165) is 36.4 Å². The number of ketones is 1. The lowest BCUT2D eigenvalue weighted by Crippen LogP contribution is -2.55. The Morgan fingerprint density at radius 2 is 1.96 bits per heavy atom. The molecule has 1 aromatic rings. The molecule has 1 spiro atoms. The van der Waals surface area contributed by atoms with Crippen LogP contribution < -0.4 is 9.62 Å². The fraction of sp³-hybridized carbons (Fsp3) is 0.722. The van der Waals surface area contributed by atoms with Crippen molar-refractivity contribution in [1.82, 2.24) is 14.7 Å². The Hall–Kier alpha value is -0.700. The molecule has 1 aliphatic carbocycles. The zero-order valence-electron chi connectivity index (χ0n) is 15.8. The van der Waals surface area contributed by atoms with Crippen LogP contribution in [0.2, 0.25) is 0 Å². The standard InChI is InChI=1S/C18H27BrN4O2S/c1-12-13(24)9-18(16(12)22-26(25)17(2,3)4)5-7-23(8-6-18)15-11-20-14(19)10-21-15/h10-12,16,22H,5-9H2,1-4H3/t12-,16+,26-/m1/s1. The van der Waals surface area contributed by atoms with Crippen LogP contribution in [0.1, 0.15) is 47.0 Å². The molecule has 144 valence electrons. The Balaban J connectivity index is 1.74. The number of nitrogens with one attached hydrogen (secondary N) is 1. The van der Waals surface area contributed by atoms with Crippen molar-refractivity contribution in [2.75, 3.05) is 18.0 Å². The molecule has 8 heteroatoms. The van der Waals surface area contributed by atoms with Crippen molar-refractivity contribution in [3.63, 3.8) is 0 Å². The van der Waals surface area contributed by atoms with E-state index in [1.165, 1.54) is 0 Å². The summed E-state index contributed by atoms with van der Waals surface area (Å²) < 4.78 is 16.4. The highest BCUT2D eigenvalue weighted by Gasteiger charge is 2.54. The number of aromatic nitrogens is 2. The molecular weight excluding hydrogens is 416 g/mol. The first-order valence-corrected chi connectivity index (χ1v) is 11.0. The number of piperidine rings is 1. The summed E-state index contributed by atoms with van der Waals surface area (Å²) in [7, 11) is 0. The largest absolute Gasteiger partial charge is 0.598 e. The fourth-order valence-electron chi connectivity index (χ4n) is 3.99. The van der Waals surface area contributed by atoms with E-state index in [4.69, 9.17) is 0 Å². The van der Waals surface area contributed by atoms with E-state index >= 15 is 0 Å². The Morgan fingerprint density at radius 1 is 1.31 bits per heavy atom. The number of anilines is 1. The number of hydrogen-bond donors (Lipinski definition) is 1. The summed E-state index contributed by atoms with van der Waals surface area (Å²) in [4.78, 5) is 23.4. The normalized spacial score (nSPS) is 27.2. The molecule has 1 aliphatic heterocycles. The lowest BCUT2D eigenvalue weighted by Gasteiger charge is -2.44. The Morgan fingerprint density at radius 3 is 2.50 bits per heavy atom. The summed E-state index contributed by atoms with van der Waals surface area (Å²) in [6, 6.07) is -0.0341. The second-order valence-corrected chi connectivity index (χ2v) is 11.3. The lowest BCUT2D eigenvalue weighted by molar-refractivity contribution is -0.120. The van der Waals surface area contributed by atoms with Gasteiger partial charge in [0.25, 0.3) is 0 Å². The molecule has 1 N–H and O–H groups in total. The molecule has 1 aromatic heterocycles. The van der Waals surface area contributed by atoms with Crippen LogP contribution in [0.25, 0.3) is 0 Å². The predicted octanol–water partition coefficient (Wildman–Crippen LogP) is 2.86. The van der Waals surface area contributed by atoms with Crippen molar-refractivity contribution in [2.24, 2.45) is 11.3 Å². The first-order valence-electron chi connectivity index (χ1n) is 9.06. The van der Waals surface area contributed by atoms with Crippen molar-refractivity contribution >= 4 is 38.9 Å². The molecule has 1 saturated heterocycles. The minimum absolute atomic E-state index is 0.0341. The SMILES string of the molecule is C[C@@H]1C(=O)CC2(CCN(c3cnc(Br)cn3)CC2)[C@H]1N[S@+]([O-])C(C)(C)C. The van der Waals surface area contributed by atoms with Gasteiger partial charge in [0, 0.05) is 42.2 Å². The molecule has 0 bridgehead atoms. The average molecular weight is 443 g/mol. The first kappa shape index (κ1) is 20.0. The van der Waals surface area contributed by atoms with Gasteiger partial charge in [0.1, 0.15) is 21.0 Å². The quantitative estimate of drug-likeness (QED) is 0.724. The summed E-state index contributed by atoms with van der Waals surface area (Å²) >= 11 is 2.13. The number of rotatable bonds is 3. The second kappa shape index (κ2) is 7.37. The van der Waals surface area contributed by atoms with Gasteiger partial charge in [-0.2, -0.15) is 0 Å². The monoisotopic (exact) mass is 442 g/mol. The van der Waals surface area contributed by atoms with E-state index in [-0.39, 0.29) is 27.9 Å². The van der Waals surface area contributed by atoms with E-state index in [2.05, 4.69) is 35.5 Å². The van der Waals surface area contributed by atoms with Crippen LogP contribution in [0.3, 0.4) is 0 Å². The van der Waals surface area contributed by atoms with Crippen LogP contribution in [-0.4, -0.2) is 44.2 Å². The molecule has 3 rings (SSSR count). The van der Waals surface area contributed by atoms with Crippen molar-refractivity contribution in [3.8, 4) is 0 Å². The first-order chi connectivity index (χ1) is 12.1. The van der Waals surface area contributed by atoms with Crippen LogP contribution >= 0.6 is 15.9 Å². The number of carbonyl (C=O) groups excluding carboxylic acids is 1. The predicted molar refractivity (Wildman–Crippen MR) is 107 cm³/mol. The van der Waals surface area contributed by atoms with E-state index in [0.29, 0.717) is 6.42 Å². The maximum Gasteiger partial charge on any atom is 0.147 e. The van der Waals surface area contributed by atoms with E-state index in [1.54, 1.807) is 12.4 Å². The third-order valence-corrected chi connectivity index (χ3v) is 7.66. The maximum atomic E-state index is 12.7. The molecular formula is C18H27BrN4O2S. The minimum Gasteiger partial charge on any atom is -0.598 e. The number of carbonyl (C=O) groups is 1. The van der Waals surface area contributed by atoms with Crippen LogP contribution in [0.5, 0.6) is 0 Å². The van der Waals surface area contributed by atoms with Gasteiger partial charge in [-0.15, -0.1) is 4.72 Å². The van der Waals surface area contributed by atoms with Gasteiger partial charge >= 0.3 is 0 Å². The number of hydrogen-bond acceptors (Lipinski definition) is 6. The molecule has 6 nitrogen and oxygen atoms in total. The van der Waals surface area contributed by atoms with Gasteiger partial charge in [0.05, 0.1) is 18.4 Å². The summed E-state index contributed by atoms with van der Waals surface area (Å²) in [6.07, 6.45) is 5.83. The van der Waals surface area contributed by atoms with Gasteiger partial charge < -0.3 is 9.45 Å². The molecule has 0 radical (unpaired) electrons. The average Bonchev–Trinajstić information content (AvgIpc) is 2.80. The Kier molecular flexibility index (Phi) is 5.68. The zero-order chi connectivity index (χ0) is 19.1. The van der Waals surface area contributed by atoms with Crippen LogP contribution in [0.4, 0.5) is 5.82 Å². The molecule has 0 amide bonds. The molecule has 0 aromatic carbocycles. The van der Waals surface area contributed by atoms with Gasteiger partial charge in [-0.3, -0.25) is 4.79 Å². The minimum atomic E-state index is -1.18. The van der Waals surface area contributed by atoms with Gasteiger partial charge in [0.15, 0.2) is 0 Å². The lowest BCUT2D eigenvalue weighted by atomic mass is 9.73. The fourth-order valence-corrected chi connectivity index (χ4v) is 5.23. The Labute approximate surface area is 167 Å². The van der Waals surface area contributed by atoms with E-state index < -0.39 is 11.4 Å². The number of nitrogens with zero attached hydrogens (tertiary/aromatic N) is 3. The zero-order valence-corrected chi connectivity index (χ0v) is 18.2. The summed E-state index contributed by atoms with van der Waals surface area (Å²) in [5.41, 5.74) is -0.114. The summed E-state index contributed by atoms with van der Waals surface area (Å²) in [6.45, 7) is 9.51. The highest BCUT2D eigenvalue weighted by atomic mass is 79.9. The molecule has 0 unspecified atom stereocenters. The van der Waals surface area contributed by atoms with Crippen molar-refractivity contribution in [1.29, 1.82) is 0 Å². The van der Waals surface area contributed by atoms with Crippen LogP contribution in [-0.2, 0) is 16.2 Å². The third-order valence-electron chi connectivity index (χ3n) is 5.67. The molecule has 1 saturated carbocycles.